The van der Waals surface area contributed by atoms with Crippen molar-refractivity contribution in [2.45, 2.75) is 13.8 Å². The molecule has 3 aromatic rings. The Balaban J connectivity index is 1.70. The second kappa shape index (κ2) is 11.8. The minimum absolute atomic E-state index is 0.0905. The van der Waals surface area contributed by atoms with Crippen LogP contribution in [0.25, 0.3) is 11.4 Å². The minimum Gasteiger partial charge on any atom is -0.368 e. The first kappa shape index (κ1) is 24.8. The quantitative estimate of drug-likeness (QED) is 0.306. The molecule has 11 heteroatoms. The minimum atomic E-state index is -0.171. The molecule has 0 unspecified atom stereocenters. The summed E-state index contributed by atoms with van der Waals surface area (Å²) in [5.41, 5.74) is 1.64. The molecule has 1 aromatic carbocycles. The first-order valence-corrected chi connectivity index (χ1v) is 11.8. The Hall–Kier alpha value is -2.88. The molecule has 0 aliphatic carbocycles. The van der Waals surface area contributed by atoms with Gasteiger partial charge in [0.2, 0.25) is 5.91 Å². The number of hydrogen-bond acceptors (Lipinski definition) is 7. The monoisotopic (exact) mass is 506 g/mol. The summed E-state index contributed by atoms with van der Waals surface area (Å²) in [5, 5.41) is 12.8. The van der Waals surface area contributed by atoms with Gasteiger partial charge in [-0.05, 0) is 43.3 Å². The van der Waals surface area contributed by atoms with Gasteiger partial charge in [-0.3, -0.25) is 9.59 Å². The molecular weight excluding hydrogens is 483 g/mol. The molecule has 8 nitrogen and oxygen atoms in total. The number of thiophene rings is 1. The van der Waals surface area contributed by atoms with Crippen molar-refractivity contribution in [1.29, 1.82) is 0 Å². The number of anilines is 2. The Kier molecular flexibility index (Phi) is 8.87. The summed E-state index contributed by atoms with van der Waals surface area (Å²) in [4.78, 5) is 33.2. The smallest absolute Gasteiger partial charge is 0.261 e. The molecule has 0 radical (unpaired) electrons. The van der Waals surface area contributed by atoms with E-state index in [1.54, 1.807) is 24.3 Å². The molecular formula is C22H24Cl2N6O2S. The van der Waals surface area contributed by atoms with E-state index in [9.17, 15) is 9.59 Å². The molecule has 174 valence electrons. The third-order valence-corrected chi connectivity index (χ3v) is 6.02. The van der Waals surface area contributed by atoms with Crippen LogP contribution >= 0.6 is 34.5 Å². The fraction of sp³-hybridized carbons (Fsp3) is 0.273. The zero-order valence-corrected chi connectivity index (χ0v) is 20.5. The van der Waals surface area contributed by atoms with Crippen molar-refractivity contribution in [3.05, 3.63) is 56.2 Å². The molecule has 3 rings (SSSR count). The number of amides is 2. The van der Waals surface area contributed by atoms with Crippen LogP contribution in [0.5, 0.6) is 0 Å². The summed E-state index contributed by atoms with van der Waals surface area (Å²) in [6, 6.07) is 10.7. The first-order valence-electron chi connectivity index (χ1n) is 10.2. The van der Waals surface area contributed by atoms with Crippen LogP contribution in [0.4, 0.5) is 11.6 Å². The summed E-state index contributed by atoms with van der Waals surface area (Å²) in [7, 11) is 0. The summed E-state index contributed by atoms with van der Waals surface area (Å²) in [6.45, 7) is 5.23. The lowest BCUT2D eigenvalue weighted by molar-refractivity contribution is -0.118. The van der Waals surface area contributed by atoms with Crippen LogP contribution in [0.15, 0.2) is 36.4 Å². The first-order chi connectivity index (χ1) is 15.8. The topological polar surface area (TPSA) is 108 Å². The number of nitrogens with one attached hydrogen (secondary N) is 4. The molecule has 33 heavy (non-hydrogen) atoms. The van der Waals surface area contributed by atoms with Gasteiger partial charge in [-0.25, -0.2) is 9.97 Å². The third kappa shape index (κ3) is 7.31. The Bertz CT molecular complexity index is 1120. The van der Waals surface area contributed by atoms with Crippen molar-refractivity contribution in [3.8, 4) is 11.4 Å². The van der Waals surface area contributed by atoms with E-state index in [1.165, 1.54) is 18.3 Å². The Labute approximate surface area is 206 Å². The number of hydrogen-bond donors (Lipinski definition) is 4. The molecule has 0 fully saturated rings. The van der Waals surface area contributed by atoms with Gasteiger partial charge in [0.15, 0.2) is 5.82 Å². The van der Waals surface area contributed by atoms with E-state index in [2.05, 4.69) is 31.2 Å². The maximum Gasteiger partial charge on any atom is 0.261 e. The van der Waals surface area contributed by atoms with Gasteiger partial charge < -0.3 is 21.3 Å². The predicted octanol–water partition coefficient (Wildman–Crippen LogP) is 4.21. The predicted molar refractivity (Wildman–Crippen MR) is 135 cm³/mol. The number of aromatic nitrogens is 2. The van der Waals surface area contributed by atoms with E-state index in [-0.39, 0.29) is 11.8 Å². The standard InChI is InChI=1S/C22H24Cl2N6O2S/c1-13-19(26-10-9-25-14(2)31)29-21(15-3-5-16(23)6-4-15)30-20(13)27-11-12-28-22(32)17-7-8-18(24)33-17/h3-8H,9-12H2,1-2H3,(H,25,31)(H,28,32)(H2,26,27,29,30). The molecule has 4 N–H and O–H groups in total. The highest BCUT2D eigenvalue weighted by atomic mass is 35.5. The van der Waals surface area contributed by atoms with Crippen LogP contribution in [0.2, 0.25) is 9.36 Å². The van der Waals surface area contributed by atoms with Crippen LogP contribution in [-0.2, 0) is 4.79 Å². The number of rotatable bonds is 10. The molecule has 0 aliphatic heterocycles. The van der Waals surface area contributed by atoms with E-state index in [4.69, 9.17) is 23.2 Å². The summed E-state index contributed by atoms with van der Waals surface area (Å²) in [5.74, 6) is 1.56. The van der Waals surface area contributed by atoms with Crippen molar-refractivity contribution in [1.82, 2.24) is 20.6 Å². The maximum absolute atomic E-state index is 12.2. The van der Waals surface area contributed by atoms with Crippen LogP contribution in [0.3, 0.4) is 0 Å². The van der Waals surface area contributed by atoms with Crippen molar-refractivity contribution in [3.63, 3.8) is 0 Å². The molecule has 2 heterocycles. The van der Waals surface area contributed by atoms with Gasteiger partial charge in [-0.2, -0.15) is 0 Å². The van der Waals surface area contributed by atoms with E-state index < -0.39 is 0 Å². The number of halogens is 2. The molecule has 0 saturated heterocycles. The molecule has 0 bridgehead atoms. The van der Waals surface area contributed by atoms with Crippen LogP contribution in [0.1, 0.15) is 22.2 Å². The number of carbonyl (C=O) groups excluding carboxylic acids is 2. The lowest BCUT2D eigenvalue weighted by Gasteiger charge is -2.16. The highest BCUT2D eigenvalue weighted by Gasteiger charge is 2.13. The third-order valence-electron chi connectivity index (χ3n) is 4.54. The lowest BCUT2D eigenvalue weighted by Crippen LogP contribution is -2.28. The number of carbonyl (C=O) groups is 2. The van der Waals surface area contributed by atoms with Crippen molar-refractivity contribution >= 4 is 58.0 Å². The van der Waals surface area contributed by atoms with Crippen molar-refractivity contribution < 1.29 is 9.59 Å². The summed E-state index contributed by atoms with van der Waals surface area (Å²) < 4.78 is 0.572. The second-order valence-corrected chi connectivity index (χ2v) is 9.22. The SMILES string of the molecule is CC(=O)NCCNc1nc(-c2ccc(Cl)cc2)nc(NCCNC(=O)c2ccc(Cl)s2)c1C. The molecule has 2 amide bonds. The van der Waals surface area contributed by atoms with Crippen LogP contribution < -0.4 is 21.3 Å². The fourth-order valence-corrected chi connectivity index (χ4v) is 3.97. The van der Waals surface area contributed by atoms with Gasteiger partial charge in [-0.15, -0.1) is 11.3 Å². The lowest BCUT2D eigenvalue weighted by atomic mass is 10.2. The summed E-state index contributed by atoms with van der Waals surface area (Å²) >= 11 is 13.1. The Morgan fingerprint density at radius 1 is 0.879 bits per heavy atom. The van der Waals surface area contributed by atoms with E-state index in [1.807, 2.05) is 19.1 Å². The molecule has 0 atom stereocenters. The largest absolute Gasteiger partial charge is 0.368 e. The zero-order valence-electron chi connectivity index (χ0n) is 18.2. The van der Waals surface area contributed by atoms with Gasteiger partial charge in [0.1, 0.15) is 11.6 Å². The van der Waals surface area contributed by atoms with E-state index in [0.29, 0.717) is 57.9 Å². The van der Waals surface area contributed by atoms with Crippen LogP contribution in [0, 0.1) is 6.92 Å². The zero-order chi connectivity index (χ0) is 23.8. The van der Waals surface area contributed by atoms with Crippen molar-refractivity contribution in [2.24, 2.45) is 0 Å². The van der Waals surface area contributed by atoms with Crippen molar-refractivity contribution in [2.75, 3.05) is 36.8 Å². The fourth-order valence-electron chi connectivity index (χ4n) is 2.89. The van der Waals surface area contributed by atoms with Crippen LogP contribution in [-0.4, -0.2) is 48.0 Å². The molecule has 2 aromatic heterocycles. The maximum atomic E-state index is 12.2. The van der Waals surface area contributed by atoms with Gasteiger partial charge in [0.05, 0.1) is 9.21 Å². The normalized spacial score (nSPS) is 10.5. The Morgan fingerprint density at radius 3 is 2.03 bits per heavy atom. The number of nitrogens with zero attached hydrogens (tertiary/aromatic N) is 2. The Morgan fingerprint density at radius 2 is 1.48 bits per heavy atom. The summed E-state index contributed by atoms with van der Waals surface area (Å²) in [6.07, 6.45) is 0. The highest BCUT2D eigenvalue weighted by Crippen LogP contribution is 2.26. The van der Waals surface area contributed by atoms with Gasteiger partial charge in [0.25, 0.3) is 5.91 Å². The molecule has 0 aliphatic rings. The average molecular weight is 507 g/mol. The van der Waals surface area contributed by atoms with E-state index >= 15 is 0 Å². The number of benzene rings is 1. The second-order valence-electron chi connectivity index (χ2n) is 7.07. The van der Waals surface area contributed by atoms with Gasteiger partial charge in [-0.1, -0.05) is 23.2 Å². The highest BCUT2D eigenvalue weighted by molar-refractivity contribution is 7.18. The van der Waals surface area contributed by atoms with Gasteiger partial charge in [0, 0.05) is 49.3 Å². The average Bonchev–Trinajstić information content (AvgIpc) is 3.22. The molecule has 0 saturated carbocycles. The van der Waals surface area contributed by atoms with E-state index in [0.717, 1.165) is 11.1 Å². The van der Waals surface area contributed by atoms with Gasteiger partial charge >= 0.3 is 0 Å². The molecule has 0 spiro atoms.